The molecule has 24 heavy (non-hydrogen) atoms. The molecule has 0 atom stereocenters. The summed E-state index contributed by atoms with van der Waals surface area (Å²) in [4.78, 5) is 11.8. The van der Waals surface area contributed by atoms with Crippen molar-refractivity contribution in [2.24, 2.45) is 0 Å². The van der Waals surface area contributed by atoms with Gasteiger partial charge in [-0.15, -0.1) is 0 Å². The van der Waals surface area contributed by atoms with Gasteiger partial charge in [0.15, 0.2) is 0 Å². The Morgan fingerprint density at radius 1 is 1.17 bits per heavy atom. The fourth-order valence-corrected chi connectivity index (χ4v) is 2.08. The zero-order valence-electron chi connectivity index (χ0n) is 12.9. The molecule has 0 spiro atoms. The number of carbonyl (C=O) groups is 1. The molecule has 0 aromatic heterocycles. The van der Waals surface area contributed by atoms with Crippen molar-refractivity contribution in [3.8, 4) is 5.75 Å². The number of ether oxygens (including phenoxy) is 1. The Bertz CT molecular complexity index is 739. The van der Waals surface area contributed by atoms with Crippen molar-refractivity contribution >= 4 is 12.0 Å². The molecule has 2 rings (SSSR count). The second-order valence-corrected chi connectivity index (χ2v) is 4.99. The van der Waals surface area contributed by atoms with Gasteiger partial charge in [0.1, 0.15) is 5.75 Å². The summed E-state index contributed by atoms with van der Waals surface area (Å²) in [5.41, 5.74) is 0.358. The highest BCUT2D eigenvalue weighted by molar-refractivity contribution is 5.91. The topological polar surface area (TPSA) is 38.3 Å². The number of rotatable bonds is 5. The van der Waals surface area contributed by atoms with Gasteiger partial charge in [0, 0.05) is 18.2 Å². The van der Waals surface area contributed by atoms with E-state index < -0.39 is 17.6 Å². The van der Waals surface area contributed by atoms with Crippen molar-refractivity contribution in [3.63, 3.8) is 0 Å². The lowest BCUT2D eigenvalue weighted by Crippen LogP contribution is -2.20. The van der Waals surface area contributed by atoms with Crippen molar-refractivity contribution in [3.05, 3.63) is 71.3 Å². The fourth-order valence-electron chi connectivity index (χ4n) is 2.08. The first-order valence-corrected chi connectivity index (χ1v) is 7.15. The number of nitrogens with one attached hydrogen (secondary N) is 1. The molecule has 0 aliphatic heterocycles. The molecule has 2 aromatic rings. The predicted molar refractivity (Wildman–Crippen MR) is 85.3 cm³/mol. The lowest BCUT2D eigenvalue weighted by atomic mass is 10.1. The van der Waals surface area contributed by atoms with Crippen LogP contribution < -0.4 is 10.1 Å². The number of carbonyl (C=O) groups excluding carboxylic acids is 1. The summed E-state index contributed by atoms with van der Waals surface area (Å²) in [6.45, 7) is 0.260. The van der Waals surface area contributed by atoms with Gasteiger partial charge in [-0.2, -0.15) is 13.2 Å². The maximum Gasteiger partial charge on any atom is 0.416 e. The highest BCUT2D eigenvalue weighted by Gasteiger charge is 2.30. The van der Waals surface area contributed by atoms with Crippen molar-refractivity contribution in [1.29, 1.82) is 0 Å². The molecule has 126 valence electrons. The SMILES string of the molecule is COc1ccccc1CNC(=O)C=Cc1cccc(C(F)(F)F)c1. The fraction of sp³-hybridized carbons (Fsp3) is 0.167. The summed E-state index contributed by atoms with van der Waals surface area (Å²) in [5, 5.41) is 2.66. The van der Waals surface area contributed by atoms with Crippen LogP contribution >= 0.6 is 0 Å². The summed E-state index contributed by atoms with van der Waals surface area (Å²) in [5.74, 6) is 0.248. The van der Waals surface area contributed by atoms with Crippen molar-refractivity contribution in [2.45, 2.75) is 12.7 Å². The van der Waals surface area contributed by atoms with E-state index in [9.17, 15) is 18.0 Å². The summed E-state index contributed by atoms with van der Waals surface area (Å²) < 4.78 is 43.1. The van der Waals surface area contributed by atoms with E-state index in [4.69, 9.17) is 4.74 Å². The number of hydrogen-bond acceptors (Lipinski definition) is 2. The zero-order chi connectivity index (χ0) is 17.6. The molecule has 0 aliphatic carbocycles. The standard InChI is InChI=1S/C18H16F3NO2/c1-24-16-8-3-2-6-14(16)12-22-17(23)10-9-13-5-4-7-15(11-13)18(19,20)21/h2-11H,12H2,1H3,(H,22,23). The van der Waals surface area contributed by atoms with E-state index in [0.717, 1.165) is 17.7 Å². The third kappa shape index (κ3) is 4.87. The van der Waals surface area contributed by atoms with Crippen LogP contribution in [0, 0.1) is 0 Å². The molecule has 1 N–H and O–H groups in total. The molecule has 2 aromatic carbocycles. The summed E-state index contributed by atoms with van der Waals surface area (Å²) in [7, 11) is 1.54. The third-order valence-corrected chi connectivity index (χ3v) is 3.29. The molecule has 0 fully saturated rings. The summed E-state index contributed by atoms with van der Waals surface area (Å²) in [6, 6.07) is 12.0. The molecule has 1 amide bonds. The van der Waals surface area contributed by atoms with Gasteiger partial charge in [-0.05, 0) is 29.8 Å². The average molecular weight is 335 g/mol. The number of halogens is 3. The van der Waals surface area contributed by atoms with Gasteiger partial charge in [0.05, 0.1) is 12.7 Å². The van der Waals surface area contributed by atoms with E-state index in [1.165, 1.54) is 31.4 Å². The monoisotopic (exact) mass is 335 g/mol. The second-order valence-electron chi connectivity index (χ2n) is 4.99. The number of benzene rings is 2. The third-order valence-electron chi connectivity index (χ3n) is 3.29. The molecule has 0 saturated heterocycles. The van der Waals surface area contributed by atoms with Gasteiger partial charge in [-0.25, -0.2) is 0 Å². The molecule has 0 aliphatic rings. The smallest absolute Gasteiger partial charge is 0.416 e. The van der Waals surface area contributed by atoms with Gasteiger partial charge >= 0.3 is 6.18 Å². The summed E-state index contributed by atoms with van der Waals surface area (Å²) in [6.07, 6.45) is -1.87. The van der Waals surface area contributed by atoms with Crippen LogP contribution in [0.25, 0.3) is 6.08 Å². The Kier molecular flexibility index (Phi) is 5.63. The Morgan fingerprint density at radius 3 is 2.62 bits per heavy atom. The highest BCUT2D eigenvalue weighted by Crippen LogP contribution is 2.29. The largest absolute Gasteiger partial charge is 0.496 e. The molecule has 6 heteroatoms. The maximum absolute atomic E-state index is 12.6. The number of para-hydroxylation sites is 1. The molecule has 0 heterocycles. The normalized spacial score (nSPS) is 11.5. The Morgan fingerprint density at radius 2 is 1.92 bits per heavy atom. The van der Waals surface area contributed by atoms with Crippen LogP contribution in [0.5, 0.6) is 5.75 Å². The number of amides is 1. The van der Waals surface area contributed by atoms with E-state index in [-0.39, 0.29) is 6.54 Å². The first-order chi connectivity index (χ1) is 11.4. The van der Waals surface area contributed by atoms with E-state index in [2.05, 4.69) is 5.32 Å². The second kappa shape index (κ2) is 7.68. The van der Waals surface area contributed by atoms with E-state index >= 15 is 0 Å². The summed E-state index contributed by atoms with van der Waals surface area (Å²) >= 11 is 0. The minimum absolute atomic E-state index is 0.260. The molecule has 3 nitrogen and oxygen atoms in total. The highest BCUT2D eigenvalue weighted by atomic mass is 19.4. The van der Waals surface area contributed by atoms with Gasteiger partial charge < -0.3 is 10.1 Å². The predicted octanol–water partition coefficient (Wildman–Crippen LogP) is 4.04. The van der Waals surface area contributed by atoms with Crippen LogP contribution in [0.4, 0.5) is 13.2 Å². The van der Waals surface area contributed by atoms with Crippen molar-refractivity contribution in [1.82, 2.24) is 5.32 Å². The molecule has 0 saturated carbocycles. The van der Waals surface area contributed by atoms with Crippen LogP contribution in [-0.2, 0) is 17.5 Å². The average Bonchev–Trinajstić information content (AvgIpc) is 2.58. The minimum Gasteiger partial charge on any atom is -0.496 e. The van der Waals surface area contributed by atoms with Gasteiger partial charge in [0.2, 0.25) is 5.91 Å². The molecule has 0 unspecified atom stereocenters. The van der Waals surface area contributed by atoms with Crippen LogP contribution in [0.1, 0.15) is 16.7 Å². The minimum atomic E-state index is -4.41. The first-order valence-electron chi connectivity index (χ1n) is 7.15. The van der Waals surface area contributed by atoms with Crippen LogP contribution in [0.2, 0.25) is 0 Å². The Hall–Kier alpha value is -2.76. The van der Waals surface area contributed by atoms with E-state index in [0.29, 0.717) is 11.3 Å². The molecular weight excluding hydrogens is 319 g/mol. The number of methoxy groups -OCH3 is 1. The van der Waals surface area contributed by atoms with E-state index in [1.807, 2.05) is 18.2 Å². The molecule has 0 bridgehead atoms. The molecule has 0 radical (unpaired) electrons. The molecular formula is C18H16F3NO2. The lowest BCUT2D eigenvalue weighted by molar-refractivity contribution is -0.137. The number of hydrogen-bond donors (Lipinski definition) is 1. The van der Waals surface area contributed by atoms with Gasteiger partial charge in [0.25, 0.3) is 0 Å². The quantitative estimate of drug-likeness (QED) is 0.838. The van der Waals surface area contributed by atoms with Gasteiger partial charge in [-0.3, -0.25) is 4.79 Å². The van der Waals surface area contributed by atoms with Crippen LogP contribution in [0.15, 0.2) is 54.6 Å². The Balaban J connectivity index is 1.98. The zero-order valence-corrected chi connectivity index (χ0v) is 12.9. The van der Waals surface area contributed by atoms with Gasteiger partial charge in [-0.1, -0.05) is 30.3 Å². The lowest BCUT2D eigenvalue weighted by Gasteiger charge is -2.08. The van der Waals surface area contributed by atoms with Crippen molar-refractivity contribution < 1.29 is 22.7 Å². The van der Waals surface area contributed by atoms with Crippen molar-refractivity contribution in [2.75, 3.05) is 7.11 Å². The van der Waals surface area contributed by atoms with Crippen LogP contribution in [0.3, 0.4) is 0 Å². The number of alkyl halides is 3. The van der Waals surface area contributed by atoms with E-state index in [1.54, 1.807) is 6.07 Å². The maximum atomic E-state index is 12.6. The first kappa shape index (κ1) is 17.6. The van der Waals surface area contributed by atoms with Crippen LogP contribution in [-0.4, -0.2) is 13.0 Å². The Labute approximate surface area is 137 Å².